The molecule has 111 valence electrons. The average molecular weight is 291 g/mol. The molecule has 0 fully saturated rings. The quantitative estimate of drug-likeness (QED) is 0.834. The van der Waals surface area contributed by atoms with Crippen molar-refractivity contribution in [1.29, 1.82) is 0 Å². The second kappa shape index (κ2) is 6.68. The Hall–Kier alpha value is -1.94. The largest absolute Gasteiger partial charge is 0.508 e. The molecule has 0 spiro atoms. The lowest BCUT2D eigenvalue weighted by atomic mass is 9.91. The molecular formula is C17H17F2O2. The molecule has 1 aromatic rings. The number of hydrogen-bond acceptors (Lipinski definition) is 2. The third-order valence-corrected chi connectivity index (χ3v) is 3.23. The third-order valence-electron chi connectivity index (χ3n) is 3.23. The van der Waals surface area contributed by atoms with Crippen molar-refractivity contribution >= 4 is 6.08 Å². The molecule has 0 amide bonds. The minimum absolute atomic E-state index is 0.0469. The molecule has 0 bridgehead atoms. The summed E-state index contributed by atoms with van der Waals surface area (Å²) in [4.78, 5) is 0. The van der Waals surface area contributed by atoms with E-state index in [1.54, 1.807) is 18.2 Å². The number of benzene rings is 1. The standard InChI is InChI=1S/C17H17F2O2/c1-2-3-15-16(20)8-12(9-17(15)21)5-4-11-6-13(18)10-14(19)7-11/h4-8,10,20-21H,2-3,9H2,1H3. The lowest BCUT2D eigenvalue weighted by molar-refractivity contribution is 0.297. The van der Waals surface area contributed by atoms with Crippen LogP contribution in [-0.4, -0.2) is 10.2 Å². The van der Waals surface area contributed by atoms with Gasteiger partial charge in [-0.15, -0.1) is 0 Å². The van der Waals surface area contributed by atoms with Crippen LogP contribution in [0.4, 0.5) is 8.78 Å². The monoisotopic (exact) mass is 291 g/mol. The third kappa shape index (κ3) is 4.02. The lowest BCUT2D eigenvalue weighted by Gasteiger charge is -2.19. The summed E-state index contributed by atoms with van der Waals surface area (Å²) in [5.41, 5.74) is 1.62. The zero-order valence-electron chi connectivity index (χ0n) is 11.7. The second-order valence-corrected chi connectivity index (χ2v) is 4.99. The minimum Gasteiger partial charge on any atom is -0.508 e. The van der Waals surface area contributed by atoms with Crippen molar-refractivity contribution < 1.29 is 19.0 Å². The highest BCUT2D eigenvalue weighted by Crippen LogP contribution is 2.32. The fraction of sp³-hybridized carbons (Fsp3) is 0.235. The maximum Gasteiger partial charge on any atom is 0.126 e. The summed E-state index contributed by atoms with van der Waals surface area (Å²) in [5, 5.41) is 19.8. The van der Waals surface area contributed by atoms with Crippen LogP contribution in [0, 0.1) is 17.7 Å². The van der Waals surface area contributed by atoms with Crippen molar-refractivity contribution in [3.05, 3.63) is 70.6 Å². The zero-order valence-corrected chi connectivity index (χ0v) is 11.7. The van der Waals surface area contributed by atoms with E-state index in [1.165, 1.54) is 12.1 Å². The maximum absolute atomic E-state index is 13.1. The topological polar surface area (TPSA) is 40.5 Å². The fourth-order valence-corrected chi connectivity index (χ4v) is 2.27. The van der Waals surface area contributed by atoms with Crippen LogP contribution in [0.2, 0.25) is 0 Å². The fourth-order valence-electron chi connectivity index (χ4n) is 2.27. The summed E-state index contributed by atoms with van der Waals surface area (Å²) >= 11 is 0. The molecule has 1 aromatic carbocycles. The van der Waals surface area contributed by atoms with Crippen LogP contribution >= 0.6 is 0 Å². The first-order valence-electron chi connectivity index (χ1n) is 6.81. The SMILES string of the molecule is CCCC1=C(O)C=C(C=Cc2cc(F)cc(F)c2)C[C]1O. The van der Waals surface area contributed by atoms with E-state index in [0.29, 0.717) is 29.6 Å². The highest BCUT2D eigenvalue weighted by Gasteiger charge is 2.21. The number of hydrogen-bond donors (Lipinski definition) is 2. The van der Waals surface area contributed by atoms with Gasteiger partial charge in [0.05, 0.1) is 0 Å². The summed E-state index contributed by atoms with van der Waals surface area (Å²) in [5.74, 6) is -1.24. The minimum atomic E-state index is -0.644. The average Bonchev–Trinajstić information content (AvgIpc) is 2.39. The summed E-state index contributed by atoms with van der Waals surface area (Å²) in [6.07, 6.45) is 6.62. The van der Waals surface area contributed by atoms with E-state index >= 15 is 0 Å². The molecule has 0 saturated carbocycles. The Morgan fingerprint density at radius 2 is 1.76 bits per heavy atom. The van der Waals surface area contributed by atoms with Crippen molar-refractivity contribution in [2.24, 2.45) is 0 Å². The van der Waals surface area contributed by atoms with Crippen LogP contribution in [-0.2, 0) is 0 Å². The lowest BCUT2D eigenvalue weighted by Crippen LogP contribution is -2.09. The summed E-state index contributed by atoms with van der Waals surface area (Å²) < 4.78 is 26.1. The Kier molecular flexibility index (Phi) is 4.91. The maximum atomic E-state index is 13.1. The molecule has 2 N–H and O–H groups in total. The smallest absolute Gasteiger partial charge is 0.126 e. The Morgan fingerprint density at radius 1 is 1.10 bits per heavy atom. The van der Waals surface area contributed by atoms with Crippen molar-refractivity contribution in [1.82, 2.24) is 0 Å². The van der Waals surface area contributed by atoms with Gasteiger partial charge in [0.25, 0.3) is 0 Å². The molecule has 4 heteroatoms. The molecule has 0 saturated heterocycles. The van der Waals surface area contributed by atoms with E-state index in [0.717, 1.165) is 12.5 Å². The number of rotatable bonds is 4. The van der Waals surface area contributed by atoms with E-state index in [-0.39, 0.29) is 11.9 Å². The predicted molar refractivity (Wildman–Crippen MR) is 77.8 cm³/mol. The van der Waals surface area contributed by atoms with Gasteiger partial charge >= 0.3 is 0 Å². The van der Waals surface area contributed by atoms with Crippen molar-refractivity contribution in [2.45, 2.75) is 26.2 Å². The molecule has 0 atom stereocenters. The van der Waals surface area contributed by atoms with Crippen LogP contribution in [0.25, 0.3) is 6.08 Å². The Morgan fingerprint density at radius 3 is 2.33 bits per heavy atom. The molecule has 1 radical (unpaired) electrons. The molecule has 1 aliphatic rings. The molecule has 2 rings (SSSR count). The number of allylic oxidation sites excluding steroid dienone is 2. The predicted octanol–water partition coefficient (Wildman–Crippen LogP) is 4.82. The molecule has 1 aliphatic carbocycles. The molecule has 21 heavy (non-hydrogen) atoms. The van der Waals surface area contributed by atoms with Gasteiger partial charge in [0.2, 0.25) is 0 Å². The zero-order chi connectivity index (χ0) is 15.4. The molecule has 0 aromatic heterocycles. The van der Waals surface area contributed by atoms with Crippen LogP contribution < -0.4 is 0 Å². The Bertz CT molecular complexity index is 595. The van der Waals surface area contributed by atoms with Gasteiger partial charge in [0.15, 0.2) is 0 Å². The molecular weight excluding hydrogens is 274 g/mol. The summed E-state index contributed by atoms with van der Waals surface area (Å²) in [6, 6.07) is 3.23. The summed E-state index contributed by atoms with van der Waals surface area (Å²) in [6.45, 7) is 1.96. The van der Waals surface area contributed by atoms with E-state index in [9.17, 15) is 19.0 Å². The van der Waals surface area contributed by atoms with Crippen molar-refractivity contribution in [2.75, 3.05) is 0 Å². The van der Waals surface area contributed by atoms with Crippen molar-refractivity contribution in [3.8, 4) is 0 Å². The Balaban J connectivity index is 2.20. The second-order valence-electron chi connectivity index (χ2n) is 4.99. The van der Waals surface area contributed by atoms with Crippen LogP contribution in [0.5, 0.6) is 0 Å². The molecule has 0 heterocycles. The first-order chi connectivity index (χ1) is 9.99. The van der Waals surface area contributed by atoms with Gasteiger partial charge < -0.3 is 10.2 Å². The van der Waals surface area contributed by atoms with Crippen LogP contribution in [0.15, 0.2) is 47.3 Å². The van der Waals surface area contributed by atoms with Gasteiger partial charge in [-0.1, -0.05) is 25.5 Å². The molecule has 2 nitrogen and oxygen atoms in total. The molecule has 0 aliphatic heterocycles. The Labute approximate surface area is 122 Å². The first kappa shape index (κ1) is 15.4. The van der Waals surface area contributed by atoms with E-state index in [2.05, 4.69) is 0 Å². The molecule has 0 unspecified atom stereocenters. The van der Waals surface area contributed by atoms with Crippen LogP contribution in [0.3, 0.4) is 0 Å². The van der Waals surface area contributed by atoms with E-state index < -0.39 is 11.6 Å². The van der Waals surface area contributed by atoms with Gasteiger partial charge in [-0.25, -0.2) is 8.78 Å². The highest BCUT2D eigenvalue weighted by atomic mass is 19.1. The highest BCUT2D eigenvalue weighted by molar-refractivity contribution is 5.55. The van der Waals surface area contributed by atoms with Gasteiger partial charge in [-0.3, -0.25) is 0 Å². The van der Waals surface area contributed by atoms with E-state index in [1.807, 2.05) is 6.92 Å². The summed E-state index contributed by atoms with van der Waals surface area (Å²) in [7, 11) is 0. The van der Waals surface area contributed by atoms with E-state index in [4.69, 9.17) is 0 Å². The first-order valence-corrected chi connectivity index (χ1v) is 6.81. The van der Waals surface area contributed by atoms with Gasteiger partial charge in [0.1, 0.15) is 23.5 Å². The number of aliphatic hydroxyl groups is 2. The van der Waals surface area contributed by atoms with Crippen LogP contribution in [0.1, 0.15) is 31.7 Å². The van der Waals surface area contributed by atoms with Crippen molar-refractivity contribution in [3.63, 3.8) is 0 Å². The normalized spacial score (nSPS) is 16.7. The van der Waals surface area contributed by atoms with Gasteiger partial charge in [-0.2, -0.15) is 0 Å². The number of aliphatic hydroxyl groups excluding tert-OH is 2. The number of halogens is 2. The van der Waals surface area contributed by atoms with Gasteiger partial charge in [-0.05, 0) is 35.8 Å². The van der Waals surface area contributed by atoms with Gasteiger partial charge in [0, 0.05) is 18.1 Å².